The molecule has 3 nitrogen and oxygen atoms in total. The molecular weight excluding hydrogens is 366 g/mol. The van der Waals surface area contributed by atoms with Crippen LogP contribution in [0.25, 0.3) is 16.6 Å². The molecule has 2 saturated carbocycles. The summed E-state index contributed by atoms with van der Waals surface area (Å²) < 4.78 is 2.39. The molecule has 5 rings (SSSR count). The summed E-state index contributed by atoms with van der Waals surface area (Å²) >= 11 is 6.58. The maximum absolute atomic E-state index is 6.58. The van der Waals surface area contributed by atoms with Crippen LogP contribution in [0.15, 0.2) is 54.1 Å². The van der Waals surface area contributed by atoms with Crippen molar-refractivity contribution in [1.82, 2.24) is 14.5 Å². The Bertz CT molecular complexity index is 1010. The molecule has 0 atom stereocenters. The number of halogens is 1. The Balaban J connectivity index is 1.60. The van der Waals surface area contributed by atoms with Crippen LogP contribution in [0.2, 0.25) is 5.15 Å². The minimum atomic E-state index is 0.492. The first kappa shape index (κ1) is 17.9. The number of aromatic nitrogens is 3. The summed E-state index contributed by atoms with van der Waals surface area (Å²) in [6.07, 6.45) is 26.5. The first-order valence-electron chi connectivity index (χ1n) is 10.6. The summed E-state index contributed by atoms with van der Waals surface area (Å²) in [6.45, 7) is 0. The van der Waals surface area contributed by atoms with Gasteiger partial charge in [-0.2, -0.15) is 0 Å². The molecule has 2 aromatic rings. The van der Waals surface area contributed by atoms with Gasteiger partial charge in [-0.15, -0.1) is 0 Å². The highest BCUT2D eigenvalue weighted by atomic mass is 35.5. The zero-order valence-corrected chi connectivity index (χ0v) is 17.0. The lowest BCUT2D eigenvalue weighted by Gasteiger charge is -2.19. The van der Waals surface area contributed by atoms with Gasteiger partial charge in [-0.1, -0.05) is 80.5 Å². The van der Waals surface area contributed by atoms with E-state index >= 15 is 0 Å². The van der Waals surface area contributed by atoms with Gasteiger partial charge in [0.1, 0.15) is 17.1 Å². The van der Waals surface area contributed by atoms with Crippen molar-refractivity contribution < 1.29 is 0 Å². The molecule has 2 fully saturated rings. The van der Waals surface area contributed by atoms with Gasteiger partial charge >= 0.3 is 0 Å². The van der Waals surface area contributed by atoms with Gasteiger partial charge in [0, 0.05) is 17.8 Å². The quantitative estimate of drug-likeness (QED) is 0.517. The molecule has 0 radical (unpaired) electrons. The van der Waals surface area contributed by atoms with E-state index < -0.39 is 0 Å². The van der Waals surface area contributed by atoms with Crippen molar-refractivity contribution in [3.05, 3.63) is 64.8 Å². The number of hydrogen-bond donors (Lipinski definition) is 0. The SMILES string of the molecule is Clc1ncnc2c1c(C1=C/C=C3/C/C3=C/C=C\1)cn2C1CCCCCCCC1. The third kappa shape index (κ3) is 3.48. The molecule has 0 N–H and O–H groups in total. The predicted molar refractivity (Wildman–Crippen MR) is 116 cm³/mol. The second-order valence-electron chi connectivity index (χ2n) is 8.21. The highest BCUT2D eigenvalue weighted by molar-refractivity contribution is 6.34. The van der Waals surface area contributed by atoms with Crippen molar-refractivity contribution >= 4 is 28.2 Å². The fraction of sp³-hybridized carbons (Fsp3) is 0.417. The topological polar surface area (TPSA) is 30.7 Å². The van der Waals surface area contributed by atoms with Crippen LogP contribution >= 0.6 is 11.6 Å². The van der Waals surface area contributed by atoms with Crippen molar-refractivity contribution in [3.8, 4) is 0 Å². The highest BCUT2D eigenvalue weighted by Gasteiger charge is 2.23. The Morgan fingerprint density at radius 3 is 2.46 bits per heavy atom. The van der Waals surface area contributed by atoms with Gasteiger partial charge in [-0.3, -0.25) is 0 Å². The van der Waals surface area contributed by atoms with Crippen LogP contribution in [0.3, 0.4) is 0 Å². The van der Waals surface area contributed by atoms with Gasteiger partial charge < -0.3 is 4.57 Å². The fourth-order valence-corrected chi connectivity index (χ4v) is 4.85. The van der Waals surface area contributed by atoms with Crippen LogP contribution in [-0.2, 0) is 0 Å². The van der Waals surface area contributed by atoms with Gasteiger partial charge in [-0.25, -0.2) is 9.97 Å². The Labute approximate surface area is 171 Å². The molecule has 0 amide bonds. The van der Waals surface area contributed by atoms with Crippen LogP contribution in [0.4, 0.5) is 0 Å². The molecule has 3 aliphatic carbocycles. The van der Waals surface area contributed by atoms with E-state index in [1.807, 2.05) is 0 Å². The Hall–Kier alpha value is -2.13. The van der Waals surface area contributed by atoms with Crippen molar-refractivity contribution in [2.24, 2.45) is 0 Å². The molecule has 0 aromatic carbocycles. The summed E-state index contributed by atoms with van der Waals surface area (Å²) in [5.41, 5.74) is 6.18. The van der Waals surface area contributed by atoms with E-state index in [1.165, 1.54) is 68.1 Å². The van der Waals surface area contributed by atoms with Crippen molar-refractivity contribution in [2.45, 2.75) is 63.8 Å². The van der Waals surface area contributed by atoms with Crippen LogP contribution in [0.5, 0.6) is 0 Å². The van der Waals surface area contributed by atoms with E-state index in [2.05, 4.69) is 51.1 Å². The number of nitrogens with zero attached hydrogens (tertiary/aromatic N) is 3. The molecule has 3 aliphatic rings. The Kier molecular flexibility index (Phi) is 4.94. The predicted octanol–water partition coefficient (Wildman–Crippen LogP) is 6.97. The number of hydrogen-bond acceptors (Lipinski definition) is 2. The van der Waals surface area contributed by atoms with Crippen LogP contribution < -0.4 is 0 Å². The minimum Gasteiger partial charge on any atom is -0.329 e. The Morgan fingerprint density at radius 2 is 1.64 bits per heavy atom. The average molecular weight is 392 g/mol. The van der Waals surface area contributed by atoms with E-state index in [9.17, 15) is 0 Å². The maximum atomic E-state index is 6.58. The Morgan fingerprint density at radius 1 is 0.893 bits per heavy atom. The molecule has 2 heterocycles. The van der Waals surface area contributed by atoms with Crippen molar-refractivity contribution in [3.63, 3.8) is 0 Å². The van der Waals surface area contributed by atoms with E-state index in [0.29, 0.717) is 11.2 Å². The zero-order chi connectivity index (χ0) is 18.9. The van der Waals surface area contributed by atoms with Gasteiger partial charge in [0.25, 0.3) is 0 Å². The van der Waals surface area contributed by atoms with Crippen LogP contribution in [0.1, 0.15) is 69.4 Å². The van der Waals surface area contributed by atoms with Crippen molar-refractivity contribution in [1.29, 1.82) is 0 Å². The maximum Gasteiger partial charge on any atom is 0.145 e. The molecule has 0 unspecified atom stereocenters. The third-order valence-electron chi connectivity index (χ3n) is 6.30. The number of rotatable bonds is 2. The minimum absolute atomic E-state index is 0.492. The van der Waals surface area contributed by atoms with E-state index in [0.717, 1.165) is 23.0 Å². The van der Waals surface area contributed by atoms with Crippen LogP contribution in [0, 0.1) is 0 Å². The normalized spacial score (nSPS) is 27.5. The summed E-state index contributed by atoms with van der Waals surface area (Å²) in [7, 11) is 0. The summed E-state index contributed by atoms with van der Waals surface area (Å²) in [5, 5.41) is 1.53. The van der Waals surface area contributed by atoms with Gasteiger partial charge in [0.15, 0.2) is 0 Å². The molecule has 144 valence electrons. The molecule has 0 spiro atoms. The molecule has 0 aliphatic heterocycles. The van der Waals surface area contributed by atoms with Gasteiger partial charge in [0.05, 0.1) is 5.39 Å². The second-order valence-corrected chi connectivity index (χ2v) is 8.57. The molecular formula is C24H26ClN3. The molecule has 0 bridgehead atoms. The van der Waals surface area contributed by atoms with E-state index in [4.69, 9.17) is 11.6 Å². The monoisotopic (exact) mass is 391 g/mol. The van der Waals surface area contributed by atoms with Gasteiger partial charge in [0.2, 0.25) is 0 Å². The summed E-state index contributed by atoms with van der Waals surface area (Å²) in [6, 6.07) is 0.492. The second kappa shape index (κ2) is 7.71. The van der Waals surface area contributed by atoms with E-state index in [1.54, 1.807) is 6.33 Å². The third-order valence-corrected chi connectivity index (χ3v) is 6.58. The summed E-state index contributed by atoms with van der Waals surface area (Å²) in [4.78, 5) is 8.96. The van der Waals surface area contributed by atoms with E-state index in [-0.39, 0.29) is 0 Å². The standard InChI is InChI=1S/C24H26ClN3/c25-23-22-21(17-8-7-9-18-14-19(18)13-12-17)15-28(24(22)27-16-26-23)20-10-5-3-1-2-4-6-11-20/h7-9,12-13,15-16,20H,1-6,10-11,14H2/b8-7-,9-7?,13-12?,17-8?,17-12+,18-9-,19-13-. The number of allylic oxidation sites excluding steroid dienone is 8. The number of fused-ring (bicyclic) bond motifs is 2. The smallest absolute Gasteiger partial charge is 0.145 e. The highest BCUT2D eigenvalue weighted by Crippen LogP contribution is 2.40. The van der Waals surface area contributed by atoms with Crippen molar-refractivity contribution in [2.75, 3.05) is 0 Å². The first-order chi connectivity index (χ1) is 13.8. The van der Waals surface area contributed by atoms with Gasteiger partial charge in [-0.05, 0) is 36.0 Å². The zero-order valence-electron chi connectivity index (χ0n) is 16.2. The average Bonchev–Trinajstić information content (AvgIpc) is 3.25. The largest absolute Gasteiger partial charge is 0.329 e. The molecule has 0 saturated heterocycles. The van der Waals surface area contributed by atoms with Crippen LogP contribution in [-0.4, -0.2) is 14.5 Å². The fourth-order valence-electron chi connectivity index (χ4n) is 4.62. The lowest BCUT2D eigenvalue weighted by Crippen LogP contribution is -2.08. The molecule has 2 aromatic heterocycles. The summed E-state index contributed by atoms with van der Waals surface area (Å²) in [5.74, 6) is 0. The molecule has 4 heteroatoms. The lowest BCUT2D eigenvalue weighted by atomic mass is 10.0. The lowest BCUT2D eigenvalue weighted by molar-refractivity contribution is 0.424. The molecule has 28 heavy (non-hydrogen) atoms. The first-order valence-corrected chi connectivity index (χ1v) is 11.0.